The molecule has 0 aromatic heterocycles. The van der Waals surface area contributed by atoms with Crippen molar-refractivity contribution in [2.45, 2.75) is 12.8 Å². The molecule has 0 aliphatic carbocycles. The van der Waals surface area contributed by atoms with Gasteiger partial charge in [-0.15, -0.1) is 0 Å². The highest BCUT2D eigenvalue weighted by atomic mass is 32.2. The van der Waals surface area contributed by atoms with Gasteiger partial charge in [0.25, 0.3) is 0 Å². The number of sulfone groups is 1. The minimum Gasteiger partial charge on any atom is -0.486 e. The highest BCUT2D eigenvalue weighted by Crippen LogP contribution is 2.30. The molecule has 6 nitrogen and oxygen atoms in total. The van der Waals surface area contributed by atoms with Crippen LogP contribution < -0.4 is 14.8 Å². The van der Waals surface area contributed by atoms with Crippen LogP contribution in [0.25, 0.3) is 0 Å². The highest BCUT2D eigenvalue weighted by molar-refractivity contribution is 7.91. The average molecular weight is 325 g/mol. The van der Waals surface area contributed by atoms with Crippen LogP contribution in [-0.4, -0.2) is 45.6 Å². The van der Waals surface area contributed by atoms with Gasteiger partial charge in [-0.25, -0.2) is 8.42 Å². The van der Waals surface area contributed by atoms with Gasteiger partial charge in [-0.05, 0) is 30.5 Å². The summed E-state index contributed by atoms with van der Waals surface area (Å²) in [5, 5.41) is 2.82. The number of ether oxygens (including phenoxy) is 2. The van der Waals surface area contributed by atoms with E-state index in [-0.39, 0.29) is 17.4 Å². The largest absolute Gasteiger partial charge is 0.486 e. The van der Waals surface area contributed by atoms with Gasteiger partial charge >= 0.3 is 0 Å². The van der Waals surface area contributed by atoms with E-state index in [1.165, 1.54) is 0 Å². The lowest BCUT2D eigenvalue weighted by molar-refractivity contribution is -0.124. The number of carbonyl (C=O) groups is 1. The van der Waals surface area contributed by atoms with Gasteiger partial charge in [0.2, 0.25) is 5.91 Å². The zero-order chi connectivity index (χ0) is 15.6. The van der Waals surface area contributed by atoms with Crippen molar-refractivity contribution in [2.75, 3.05) is 31.3 Å². The maximum absolute atomic E-state index is 11.9. The second-order valence-electron chi connectivity index (χ2n) is 5.62. The van der Waals surface area contributed by atoms with Gasteiger partial charge in [0.1, 0.15) is 13.2 Å². The number of amides is 1. The third-order valence-electron chi connectivity index (χ3n) is 3.92. The van der Waals surface area contributed by atoms with E-state index < -0.39 is 15.8 Å². The smallest absolute Gasteiger partial charge is 0.224 e. The second kappa shape index (κ2) is 6.16. The summed E-state index contributed by atoms with van der Waals surface area (Å²) in [6, 6.07) is 5.73. The summed E-state index contributed by atoms with van der Waals surface area (Å²) in [6.45, 7) is 1.59. The Morgan fingerprint density at radius 3 is 2.73 bits per heavy atom. The van der Waals surface area contributed by atoms with Crippen LogP contribution in [0.1, 0.15) is 12.0 Å². The molecule has 2 aliphatic heterocycles. The molecule has 1 atom stereocenters. The fraction of sp³-hybridized carbons (Fsp3) is 0.533. The summed E-state index contributed by atoms with van der Waals surface area (Å²) >= 11 is 0. The predicted octanol–water partition coefficient (Wildman–Crippen LogP) is 0.551. The Hall–Kier alpha value is -1.76. The van der Waals surface area contributed by atoms with Gasteiger partial charge in [-0.3, -0.25) is 4.79 Å². The lowest BCUT2D eigenvalue weighted by Gasteiger charge is -2.19. The summed E-state index contributed by atoms with van der Waals surface area (Å²) in [6.07, 6.45) is 1.10. The van der Waals surface area contributed by atoms with Crippen LogP contribution in [0.2, 0.25) is 0 Å². The maximum Gasteiger partial charge on any atom is 0.224 e. The first kappa shape index (κ1) is 15.1. The normalized spacial score (nSPS) is 22.3. The van der Waals surface area contributed by atoms with Crippen LogP contribution in [-0.2, 0) is 21.1 Å². The van der Waals surface area contributed by atoms with Crippen molar-refractivity contribution in [1.82, 2.24) is 5.32 Å². The number of carbonyl (C=O) groups excluding carboxylic acids is 1. The molecule has 0 bridgehead atoms. The van der Waals surface area contributed by atoms with Crippen molar-refractivity contribution in [1.29, 1.82) is 0 Å². The Morgan fingerprint density at radius 1 is 1.23 bits per heavy atom. The minimum absolute atomic E-state index is 0.0249. The molecular weight excluding hydrogens is 306 g/mol. The molecule has 7 heteroatoms. The van der Waals surface area contributed by atoms with Crippen molar-refractivity contribution >= 4 is 15.7 Å². The summed E-state index contributed by atoms with van der Waals surface area (Å²) in [5.41, 5.74) is 1.04. The van der Waals surface area contributed by atoms with Gasteiger partial charge in [0.05, 0.1) is 17.4 Å². The lowest BCUT2D eigenvalue weighted by Crippen LogP contribution is -2.32. The molecule has 0 spiro atoms. The number of nitrogens with one attached hydrogen (secondary N) is 1. The summed E-state index contributed by atoms with van der Waals surface area (Å²) in [7, 11) is -3.02. The molecule has 22 heavy (non-hydrogen) atoms. The summed E-state index contributed by atoms with van der Waals surface area (Å²) in [5.74, 6) is 1.01. The summed E-state index contributed by atoms with van der Waals surface area (Å²) in [4.78, 5) is 11.9. The zero-order valence-electron chi connectivity index (χ0n) is 12.2. The Morgan fingerprint density at radius 2 is 2.00 bits per heavy atom. The van der Waals surface area contributed by atoms with Crippen LogP contribution in [0.5, 0.6) is 11.5 Å². The maximum atomic E-state index is 11.9. The van der Waals surface area contributed by atoms with E-state index in [2.05, 4.69) is 5.32 Å². The molecular formula is C15H19NO5S. The van der Waals surface area contributed by atoms with Crippen molar-refractivity contribution in [2.24, 2.45) is 5.92 Å². The van der Waals surface area contributed by atoms with Crippen LogP contribution in [0.3, 0.4) is 0 Å². The Balaban J connectivity index is 1.50. The molecule has 1 saturated heterocycles. The van der Waals surface area contributed by atoms with E-state index in [4.69, 9.17) is 9.47 Å². The highest BCUT2D eigenvalue weighted by Gasteiger charge is 2.32. The quantitative estimate of drug-likeness (QED) is 0.874. The lowest BCUT2D eigenvalue weighted by atomic mass is 10.1. The fourth-order valence-corrected chi connectivity index (χ4v) is 4.46. The number of hydrogen-bond donors (Lipinski definition) is 1. The predicted molar refractivity (Wildman–Crippen MR) is 80.9 cm³/mol. The molecule has 120 valence electrons. The number of hydrogen-bond acceptors (Lipinski definition) is 5. The molecule has 1 amide bonds. The second-order valence-corrected chi connectivity index (χ2v) is 7.85. The van der Waals surface area contributed by atoms with Gasteiger partial charge in [-0.1, -0.05) is 6.07 Å². The van der Waals surface area contributed by atoms with Crippen LogP contribution in [0.15, 0.2) is 18.2 Å². The van der Waals surface area contributed by atoms with Crippen LogP contribution >= 0.6 is 0 Å². The minimum atomic E-state index is -3.02. The molecule has 1 aromatic rings. The van der Waals surface area contributed by atoms with E-state index in [1.807, 2.05) is 18.2 Å². The van der Waals surface area contributed by atoms with E-state index >= 15 is 0 Å². The van der Waals surface area contributed by atoms with Gasteiger partial charge < -0.3 is 14.8 Å². The number of rotatable bonds is 4. The van der Waals surface area contributed by atoms with Crippen LogP contribution in [0.4, 0.5) is 0 Å². The standard InChI is InChI=1S/C15H19NO5S/c17-15(12-4-8-22(18,19)10-12)16-5-3-11-1-2-13-14(9-11)21-7-6-20-13/h1-2,9,12H,3-8,10H2,(H,16,17)/t12-/m0/s1. The van der Waals surface area contributed by atoms with Gasteiger partial charge in [-0.2, -0.15) is 0 Å². The zero-order valence-corrected chi connectivity index (χ0v) is 13.0. The van der Waals surface area contributed by atoms with Crippen molar-refractivity contribution in [3.8, 4) is 11.5 Å². The van der Waals surface area contributed by atoms with E-state index in [1.54, 1.807) is 0 Å². The average Bonchev–Trinajstić information content (AvgIpc) is 2.87. The molecule has 3 rings (SSSR count). The Labute approximate surface area is 129 Å². The topological polar surface area (TPSA) is 81.7 Å². The van der Waals surface area contributed by atoms with E-state index in [0.29, 0.717) is 32.6 Å². The first-order chi connectivity index (χ1) is 10.5. The number of fused-ring (bicyclic) bond motifs is 1. The van der Waals surface area contributed by atoms with Crippen molar-refractivity contribution in [3.05, 3.63) is 23.8 Å². The first-order valence-electron chi connectivity index (χ1n) is 7.40. The van der Waals surface area contributed by atoms with E-state index in [9.17, 15) is 13.2 Å². The van der Waals surface area contributed by atoms with E-state index in [0.717, 1.165) is 17.1 Å². The molecule has 0 radical (unpaired) electrons. The Bertz CT molecular complexity index is 671. The third kappa shape index (κ3) is 3.52. The van der Waals surface area contributed by atoms with Crippen molar-refractivity contribution < 1.29 is 22.7 Å². The molecule has 0 saturated carbocycles. The molecule has 0 unspecified atom stereocenters. The van der Waals surface area contributed by atoms with Gasteiger partial charge in [0.15, 0.2) is 21.3 Å². The Kier molecular flexibility index (Phi) is 4.24. The summed E-state index contributed by atoms with van der Waals surface area (Å²) < 4.78 is 33.7. The monoisotopic (exact) mass is 325 g/mol. The first-order valence-corrected chi connectivity index (χ1v) is 9.22. The van der Waals surface area contributed by atoms with Crippen molar-refractivity contribution in [3.63, 3.8) is 0 Å². The fourth-order valence-electron chi connectivity index (χ4n) is 2.72. The molecule has 1 aromatic carbocycles. The molecule has 2 aliphatic rings. The molecule has 1 fully saturated rings. The number of benzene rings is 1. The molecule has 2 heterocycles. The SMILES string of the molecule is O=C(NCCc1ccc2c(c1)OCCO2)[C@H]1CCS(=O)(=O)C1. The molecule has 1 N–H and O–H groups in total. The van der Waals surface area contributed by atoms with Gasteiger partial charge in [0, 0.05) is 6.54 Å². The third-order valence-corrected chi connectivity index (χ3v) is 5.69. The van der Waals surface area contributed by atoms with Crippen LogP contribution in [0, 0.1) is 5.92 Å².